The predicted molar refractivity (Wildman–Crippen MR) is 44.9 cm³/mol. The van der Waals surface area contributed by atoms with E-state index in [2.05, 4.69) is 0 Å². The van der Waals surface area contributed by atoms with Gasteiger partial charge in [-0.2, -0.15) is 0 Å². The van der Waals surface area contributed by atoms with Crippen LogP contribution < -0.4 is 0 Å². The van der Waals surface area contributed by atoms with Crippen LogP contribution in [0.25, 0.3) is 0 Å². The van der Waals surface area contributed by atoms with E-state index in [-0.39, 0.29) is 13.7 Å². The Balaban J connectivity index is 2.47. The van der Waals surface area contributed by atoms with Gasteiger partial charge in [0.25, 0.3) is 0 Å². The van der Waals surface area contributed by atoms with Gasteiger partial charge >= 0.3 is 0 Å². The van der Waals surface area contributed by atoms with Crippen molar-refractivity contribution in [3.05, 3.63) is 0 Å². The molecule has 35 valence electrons. The van der Waals surface area contributed by atoms with Gasteiger partial charge < -0.3 is 0 Å². The highest BCUT2D eigenvalue weighted by Crippen LogP contribution is 2.73. The second kappa shape index (κ2) is 2.43. The van der Waals surface area contributed by atoms with Gasteiger partial charge in [-0.3, -0.25) is 0 Å². The molecule has 0 nitrogen and oxygen atoms in total. The van der Waals surface area contributed by atoms with Crippen molar-refractivity contribution in [3.63, 3.8) is 0 Å². The van der Waals surface area contributed by atoms with E-state index in [1.165, 1.54) is 0 Å². The summed E-state index contributed by atoms with van der Waals surface area (Å²) < 4.78 is 0. The minimum absolute atomic E-state index is 0.0211. The van der Waals surface area contributed by atoms with Crippen LogP contribution >= 0.6 is 23.5 Å². The molecule has 3 unspecified atom stereocenters. The lowest BCUT2D eigenvalue weighted by molar-refractivity contribution is 5.05. The van der Waals surface area contributed by atoms with Gasteiger partial charge in [-0.15, -0.1) is 0 Å². The van der Waals surface area contributed by atoms with E-state index in [1.807, 2.05) is 10.4 Å². The highest BCUT2D eigenvalue weighted by atomic mass is 33.8. The van der Waals surface area contributed by atoms with Crippen LogP contribution in [0.15, 0.2) is 0 Å². The normalized spacial score (nSPS) is 42.7. The number of hydrogen-bond acceptors (Lipinski definition) is 3. The highest BCUT2D eigenvalue weighted by molar-refractivity contribution is 9.37. The van der Waals surface area contributed by atoms with E-state index in [4.69, 9.17) is 23.0 Å². The third kappa shape index (κ3) is 1.43. The molecule has 0 aliphatic carbocycles. The highest BCUT2D eigenvalue weighted by Gasteiger charge is 2.12. The van der Waals surface area contributed by atoms with Gasteiger partial charge in [0.15, 0.2) is 0 Å². The standard InChI is InChI=1S/HP2S4/c3-2-1-6(4)5-2/h1H. The summed E-state index contributed by atoms with van der Waals surface area (Å²) in [7, 11) is 3.05. The van der Waals surface area contributed by atoms with Crippen LogP contribution in [0, 0.1) is 0 Å². The van der Waals surface area contributed by atoms with Crippen molar-refractivity contribution in [3.8, 4) is 0 Å². The molecule has 1 heterocycles. The molecule has 0 amide bonds. The van der Waals surface area contributed by atoms with Crippen LogP contribution in [0.4, 0.5) is 0 Å². The Morgan fingerprint density at radius 2 is 2.33 bits per heavy atom. The summed E-state index contributed by atoms with van der Waals surface area (Å²) >= 11 is 9.82. The summed E-state index contributed by atoms with van der Waals surface area (Å²) in [5.74, 6) is 0. The molecule has 6 heteroatoms. The van der Waals surface area contributed by atoms with Gasteiger partial charge in [-0.1, -0.05) is 0 Å². The Kier molecular flexibility index (Phi) is 2.43. The van der Waals surface area contributed by atoms with Crippen LogP contribution in [0.3, 0.4) is 0 Å². The quantitative estimate of drug-likeness (QED) is 0.425. The van der Waals surface area contributed by atoms with Crippen molar-refractivity contribution in [2.75, 3.05) is 0 Å². The summed E-state index contributed by atoms with van der Waals surface area (Å²) in [6, 6.07) is 0. The van der Waals surface area contributed by atoms with E-state index in [1.54, 1.807) is 0 Å². The SMILES string of the molecule is S=[P]1PS(=S)S1. The average Bonchev–Trinajstić information content (AvgIpc) is 1.33. The molecule has 1 rings (SSSR count). The fraction of sp³-hybridized carbons (Fsp3) is 0. The van der Waals surface area contributed by atoms with E-state index in [9.17, 15) is 0 Å². The molecule has 0 aromatic heterocycles. The average molecular weight is 191 g/mol. The van der Waals surface area contributed by atoms with Gasteiger partial charge in [-0.05, 0) is 41.5 Å². The smallest absolute Gasteiger partial charge is 0.0230 e. The third-order valence-corrected chi connectivity index (χ3v) is 23.0. The lowest BCUT2D eigenvalue weighted by Gasteiger charge is -2.12. The summed E-state index contributed by atoms with van der Waals surface area (Å²) in [4.78, 5) is 0. The van der Waals surface area contributed by atoms with E-state index >= 15 is 0 Å². The third-order valence-electron chi connectivity index (χ3n) is 0.284. The zero-order valence-corrected chi connectivity index (χ0v) is 7.74. The lowest BCUT2D eigenvalue weighted by atomic mass is 29.3. The topological polar surface area (TPSA) is 0 Å². The minimum Gasteiger partial charge on any atom is -0.0495 e. The molecule has 0 N–H and O–H groups in total. The molecule has 1 aliphatic heterocycles. The fourth-order valence-electron chi connectivity index (χ4n) is 0.126. The van der Waals surface area contributed by atoms with Gasteiger partial charge in [-0.25, -0.2) is 0 Å². The van der Waals surface area contributed by atoms with Crippen molar-refractivity contribution < 1.29 is 0 Å². The maximum atomic E-state index is 4.92. The van der Waals surface area contributed by atoms with E-state index in [0.29, 0.717) is 0 Å². The van der Waals surface area contributed by atoms with E-state index < -0.39 is 0 Å². The summed E-state index contributed by atoms with van der Waals surface area (Å²) in [6.45, 7) is 0. The maximum Gasteiger partial charge on any atom is 0.0230 e. The lowest BCUT2D eigenvalue weighted by Crippen LogP contribution is -1.65. The van der Waals surface area contributed by atoms with Gasteiger partial charge in [0.2, 0.25) is 0 Å². The van der Waals surface area contributed by atoms with Crippen molar-refractivity contribution in [1.82, 2.24) is 0 Å². The summed E-state index contributed by atoms with van der Waals surface area (Å²) in [5, 5.41) is 0. The molecule has 1 saturated heterocycles. The molecule has 1 fully saturated rings. The molecule has 0 aromatic rings. The predicted octanol–water partition coefficient (Wildman–Crippen LogP) is 2.10. The minimum atomic E-state index is -0.0211. The van der Waals surface area contributed by atoms with Crippen molar-refractivity contribution in [2.24, 2.45) is 0 Å². The van der Waals surface area contributed by atoms with Gasteiger partial charge in [0.1, 0.15) is 0 Å². The molecular formula is HP2S4. The number of rotatable bonds is 0. The second-order valence-electron chi connectivity index (χ2n) is 0.658. The van der Waals surface area contributed by atoms with Crippen molar-refractivity contribution in [1.29, 1.82) is 0 Å². The fourth-order valence-corrected chi connectivity index (χ4v) is 24.5. The van der Waals surface area contributed by atoms with Crippen LogP contribution in [0.2, 0.25) is 0 Å². The molecule has 1 radical (unpaired) electrons. The Morgan fingerprint density at radius 1 is 1.83 bits per heavy atom. The first kappa shape index (κ1) is 6.00. The molecule has 0 bridgehead atoms. The summed E-state index contributed by atoms with van der Waals surface area (Å²) in [6.07, 6.45) is 0. The molecule has 3 atom stereocenters. The largest absolute Gasteiger partial charge is 0.0495 e. The number of hydrogen-bond donors (Lipinski definition) is 0. The van der Waals surface area contributed by atoms with Crippen molar-refractivity contribution in [2.45, 2.75) is 0 Å². The molecule has 1 aliphatic rings. The molecule has 0 spiro atoms. The molecule has 0 saturated carbocycles. The van der Waals surface area contributed by atoms with Crippen LogP contribution in [-0.2, 0) is 31.1 Å². The molecule has 6 heavy (non-hydrogen) atoms. The summed E-state index contributed by atoms with van der Waals surface area (Å²) in [5.41, 5.74) is -0.0211. The second-order valence-corrected chi connectivity index (χ2v) is 17.8. The van der Waals surface area contributed by atoms with Gasteiger partial charge in [0.05, 0.1) is 0 Å². The molecule has 0 aromatic carbocycles. The van der Waals surface area contributed by atoms with E-state index in [0.717, 1.165) is 7.47 Å². The Hall–Kier alpha value is 1.87. The van der Waals surface area contributed by atoms with Crippen LogP contribution in [0.1, 0.15) is 0 Å². The first-order chi connectivity index (χ1) is 2.79. The van der Waals surface area contributed by atoms with Crippen molar-refractivity contribution >= 4 is 54.6 Å². The molecular weight excluding hydrogens is 190 g/mol. The Labute approximate surface area is 54.4 Å². The van der Waals surface area contributed by atoms with Gasteiger partial charge in [0, 0.05) is 13.1 Å². The van der Waals surface area contributed by atoms with Crippen LogP contribution in [0.5, 0.6) is 0 Å². The Morgan fingerprint density at radius 3 is 2.33 bits per heavy atom. The zero-order chi connectivity index (χ0) is 4.57. The zero-order valence-electron chi connectivity index (χ0n) is 2.58. The van der Waals surface area contributed by atoms with Crippen LogP contribution in [-0.4, -0.2) is 0 Å². The monoisotopic (exact) mass is 191 g/mol. The first-order valence-electron chi connectivity index (χ1n) is 1.13. The first-order valence-corrected chi connectivity index (χ1v) is 10.1. The Bertz CT molecular complexity index is 82.1. The maximum absolute atomic E-state index is 4.92.